The third kappa shape index (κ3) is 5.25. The van der Waals surface area contributed by atoms with Gasteiger partial charge in [0.2, 0.25) is 5.91 Å². The van der Waals surface area contributed by atoms with Gasteiger partial charge in [0.25, 0.3) is 0 Å². The van der Waals surface area contributed by atoms with E-state index < -0.39 is 35.9 Å². The second kappa shape index (κ2) is 8.99. The Balaban J connectivity index is 1.88. The number of amides is 1. The molecule has 0 unspecified atom stereocenters. The summed E-state index contributed by atoms with van der Waals surface area (Å²) in [5.74, 6) is -0.889. The number of nitrogens with zero attached hydrogens (tertiary/aromatic N) is 3. The van der Waals surface area contributed by atoms with Crippen molar-refractivity contribution in [1.29, 1.82) is 0 Å². The van der Waals surface area contributed by atoms with E-state index in [0.717, 1.165) is 12.3 Å². The number of halogens is 6. The van der Waals surface area contributed by atoms with Crippen molar-refractivity contribution in [3.05, 3.63) is 53.3 Å². The molecular formula is C21H22F6N4O2. The Kier molecular flexibility index (Phi) is 6.66. The Morgan fingerprint density at radius 1 is 1.30 bits per heavy atom. The van der Waals surface area contributed by atoms with Crippen LogP contribution in [0.2, 0.25) is 0 Å². The summed E-state index contributed by atoms with van der Waals surface area (Å²) in [4.78, 5) is 17.9. The van der Waals surface area contributed by atoms with Crippen LogP contribution in [0, 0.1) is 0 Å². The van der Waals surface area contributed by atoms with Crippen LogP contribution in [0.25, 0.3) is 5.65 Å². The lowest BCUT2D eigenvalue weighted by Gasteiger charge is -2.29. The summed E-state index contributed by atoms with van der Waals surface area (Å²) in [6, 6.07) is 0.771. The molecule has 12 heteroatoms. The van der Waals surface area contributed by atoms with Crippen LogP contribution in [0.3, 0.4) is 0 Å². The van der Waals surface area contributed by atoms with Crippen LogP contribution in [-0.4, -0.2) is 46.6 Å². The second-order valence-electron chi connectivity index (χ2n) is 7.55. The van der Waals surface area contributed by atoms with Gasteiger partial charge in [0.15, 0.2) is 11.5 Å². The number of hydrogen-bond acceptors (Lipinski definition) is 4. The largest absolute Gasteiger partial charge is 0.479 e. The zero-order valence-electron chi connectivity index (χ0n) is 17.9. The number of fused-ring (bicyclic) bond motifs is 1. The monoisotopic (exact) mass is 476 g/mol. The lowest BCUT2D eigenvalue weighted by molar-refractivity contribution is -0.137. The molecule has 0 radical (unpaired) electrons. The van der Waals surface area contributed by atoms with Crippen LogP contribution in [0.4, 0.5) is 32.0 Å². The number of hydrogen-bond donors (Lipinski definition) is 1. The summed E-state index contributed by atoms with van der Waals surface area (Å²) >= 11 is 0. The topological polar surface area (TPSA) is 58.9 Å². The molecule has 3 heterocycles. The average molecular weight is 476 g/mol. The van der Waals surface area contributed by atoms with E-state index in [-0.39, 0.29) is 35.8 Å². The number of pyridine rings is 1. The fourth-order valence-corrected chi connectivity index (χ4v) is 3.52. The highest BCUT2D eigenvalue weighted by Crippen LogP contribution is 2.36. The average Bonchev–Trinajstić information content (AvgIpc) is 3.15. The standard InChI is InChI=1S/C21H22F6N4O2/c1-4-14-9-28-18-16(8-13(10-31(14)18)21(25,26)27)29-17(32)11-30(3)19-15(6-5-7-33-19)12(2)20(22,23)24/h8-10H,2,4-7,11H2,1,3H3,(H,29,32). The maximum Gasteiger partial charge on any atom is 0.417 e. The van der Waals surface area contributed by atoms with Gasteiger partial charge in [-0.3, -0.25) is 4.79 Å². The van der Waals surface area contributed by atoms with Gasteiger partial charge < -0.3 is 19.4 Å². The third-order valence-electron chi connectivity index (χ3n) is 5.15. The number of likely N-dealkylation sites (N-methyl/N-ethyl adjacent to an activating group) is 1. The number of ether oxygens (including phenoxy) is 1. The van der Waals surface area contributed by atoms with Gasteiger partial charge in [-0.25, -0.2) is 4.98 Å². The molecule has 0 aromatic carbocycles. The van der Waals surface area contributed by atoms with Crippen molar-refractivity contribution in [1.82, 2.24) is 14.3 Å². The van der Waals surface area contributed by atoms with Gasteiger partial charge in [0, 0.05) is 30.7 Å². The number of aromatic nitrogens is 2. The van der Waals surface area contributed by atoms with E-state index in [9.17, 15) is 31.1 Å². The van der Waals surface area contributed by atoms with Gasteiger partial charge in [-0.05, 0) is 25.3 Å². The van der Waals surface area contributed by atoms with Crippen molar-refractivity contribution >= 4 is 17.2 Å². The van der Waals surface area contributed by atoms with Gasteiger partial charge in [0.05, 0.1) is 30.0 Å². The van der Waals surface area contributed by atoms with Crippen LogP contribution in [0.15, 0.2) is 42.1 Å². The number of carbonyl (C=O) groups excluding carboxylic acids is 1. The molecule has 0 saturated carbocycles. The van der Waals surface area contributed by atoms with Crippen LogP contribution in [0.1, 0.15) is 31.0 Å². The highest BCUT2D eigenvalue weighted by atomic mass is 19.4. The number of nitrogens with one attached hydrogen (secondary N) is 1. The molecule has 6 nitrogen and oxygen atoms in total. The zero-order valence-corrected chi connectivity index (χ0v) is 17.9. The van der Waals surface area contributed by atoms with E-state index >= 15 is 0 Å². The molecule has 0 bridgehead atoms. The van der Waals surface area contributed by atoms with Crippen molar-refractivity contribution in [3.63, 3.8) is 0 Å². The summed E-state index contributed by atoms with van der Waals surface area (Å²) in [7, 11) is 1.36. The first-order valence-electron chi connectivity index (χ1n) is 10.0. The predicted octanol–water partition coefficient (Wildman–Crippen LogP) is 4.93. The minimum atomic E-state index is -4.66. The van der Waals surface area contributed by atoms with Crippen molar-refractivity contribution < 1.29 is 35.9 Å². The minimum Gasteiger partial charge on any atom is -0.479 e. The molecule has 0 spiro atoms. The third-order valence-corrected chi connectivity index (χ3v) is 5.15. The number of anilines is 1. The first kappa shape index (κ1) is 24.5. The highest BCUT2D eigenvalue weighted by molar-refractivity contribution is 5.95. The van der Waals surface area contributed by atoms with E-state index in [1.165, 1.54) is 22.5 Å². The number of carbonyl (C=O) groups is 1. The molecule has 2 aromatic rings. The Labute approximate surface area is 185 Å². The number of allylic oxidation sites excluding steroid dienone is 2. The molecule has 1 aliphatic heterocycles. The fourth-order valence-electron chi connectivity index (χ4n) is 3.52. The smallest absolute Gasteiger partial charge is 0.417 e. The van der Waals surface area contributed by atoms with Crippen molar-refractivity contribution in [2.45, 2.75) is 38.5 Å². The molecule has 0 aliphatic carbocycles. The fraction of sp³-hybridized carbons (Fsp3) is 0.429. The molecular weight excluding hydrogens is 454 g/mol. The number of imidazole rings is 1. The summed E-state index contributed by atoms with van der Waals surface area (Å²) in [5, 5.41) is 2.39. The van der Waals surface area contributed by atoms with E-state index in [0.29, 0.717) is 18.5 Å². The second-order valence-corrected chi connectivity index (χ2v) is 7.55. The lowest BCUT2D eigenvalue weighted by atomic mass is 10.0. The Bertz CT molecular complexity index is 1100. The molecule has 1 aliphatic rings. The molecule has 0 saturated heterocycles. The Hall–Kier alpha value is -3.18. The van der Waals surface area contributed by atoms with Crippen molar-refractivity contribution in [2.24, 2.45) is 0 Å². The first-order chi connectivity index (χ1) is 15.3. The minimum absolute atomic E-state index is 0.0712. The summed E-state index contributed by atoms with van der Waals surface area (Å²) in [6.45, 7) is 4.55. The van der Waals surface area contributed by atoms with Crippen LogP contribution < -0.4 is 5.32 Å². The number of aryl methyl sites for hydroxylation is 1. The van der Waals surface area contributed by atoms with Crippen LogP contribution in [-0.2, 0) is 22.1 Å². The predicted molar refractivity (Wildman–Crippen MR) is 108 cm³/mol. The molecule has 1 N–H and O–H groups in total. The molecule has 2 aromatic heterocycles. The molecule has 180 valence electrons. The summed E-state index contributed by atoms with van der Waals surface area (Å²) in [5.41, 5.74) is -1.73. The Morgan fingerprint density at radius 3 is 2.61 bits per heavy atom. The van der Waals surface area contributed by atoms with Gasteiger partial charge in [-0.15, -0.1) is 0 Å². The maximum atomic E-state index is 13.4. The normalized spacial score (nSPS) is 14.9. The van der Waals surface area contributed by atoms with E-state index in [2.05, 4.69) is 16.9 Å². The van der Waals surface area contributed by atoms with E-state index in [1.807, 2.05) is 0 Å². The van der Waals surface area contributed by atoms with Gasteiger partial charge in [-0.2, -0.15) is 26.3 Å². The highest BCUT2D eigenvalue weighted by Gasteiger charge is 2.37. The zero-order chi connectivity index (χ0) is 24.6. The van der Waals surface area contributed by atoms with E-state index in [1.54, 1.807) is 6.92 Å². The number of alkyl halides is 6. The van der Waals surface area contributed by atoms with Crippen molar-refractivity contribution in [2.75, 3.05) is 25.5 Å². The van der Waals surface area contributed by atoms with Crippen molar-refractivity contribution in [3.8, 4) is 0 Å². The van der Waals surface area contributed by atoms with E-state index in [4.69, 9.17) is 4.74 Å². The summed E-state index contributed by atoms with van der Waals surface area (Å²) < 4.78 is 86.2. The SMILES string of the molecule is C=C(C1=C(N(C)CC(=O)Nc2cc(C(F)(F)F)cn3c(CC)cnc23)OCCC1)C(F)(F)F. The molecule has 33 heavy (non-hydrogen) atoms. The molecule has 3 rings (SSSR count). The lowest BCUT2D eigenvalue weighted by Crippen LogP contribution is -2.33. The first-order valence-corrected chi connectivity index (χ1v) is 10.0. The molecule has 0 atom stereocenters. The maximum absolute atomic E-state index is 13.4. The van der Waals surface area contributed by atoms with Crippen LogP contribution >= 0.6 is 0 Å². The van der Waals surface area contributed by atoms with Gasteiger partial charge >= 0.3 is 12.4 Å². The van der Waals surface area contributed by atoms with Gasteiger partial charge in [-0.1, -0.05) is 13.5 Å². The quantitative estimate of drug-likeness (QED) is 0.601. The Morgan fingerprint density at radius 2 is 2.00 bits per heavy atom. The number of rotatable bonds is 6. The molecule has 1 amide bonds. The van der Waals surface area contributed by atoms with Gasteiger partial charge in [0.1, 0.15) is 0 Å². The summed E-state index contributed by atoms with van der Waals surface area (Å²) in [6.07, 6.45) is -6.17. The van der Waals surface area contributed by atoms with Crippen LogP contribution in [0.5, 0.6) is 0 Å². The molecule has 0 fully saturated rings.